The molecule has 2 aromatic heterocycles. The Balaban J connectivity index is 1.50. The Kier molecular flexibility index (Phi) is 6.50. The first-order chi connectivity index (χ1) is 14.0. The second-order valence-electron chi connectivity index (χ2n) is 9.28. The molecule has 1 unspecified atom stereocenters. The van der Waals surface area contributed by atoms with Crippen LogP contribution in [0.15, 0.2) is 22.0 Å². The van der Waals surface area contributed by atoms with Crippen LogP contribution in [-0.4, -0.2) is 51.8 Å². The molecule has 3 rings (SSSR count). The molecule has 0 aromatic carbocycles. The molecular formula is C21H30N4O4S. The Morgan fingerprint density at radius 3 is 2.80 bits per heavy atom. The predicted octanol–water partition coefficient (Wildman–Crippen LogP) is 3.88. The zero-order chi connectivity index (χ0) is 21.9. The van der Waals surface area contributed by atoms with Gasteiger partial charge in [-0.1, -0.05) is 25.1 Å². The molecule has 1 aliphatic heterocycles. The first-order valence-corrected chi connectivity index (χ1v) is 11.1. The van der Waals surface area contributed by atoms with E-state index < -0.39 is 11.7 Å². The Bertz CT molecular complexity index is 870. The summed E-state index contributed by atoms with van der Waals surface area (Å²) in [5, 5.41) is 8.91. The Hall–Kier alpha value is -2.42. The van der Waals surface area contributed by atoms with Crippen molar-refractivity contribution in [1.82, 2.24) is 20.4 Å². The molecule has 1 N–H and O–H groups in total. The van der Waals surface area contributed by atoms with Gasteiger partial charge in [0.15, 0.2) is 0 Å². The highest BCUT2D eigenvalue weighted by Crippen LogP contribution is 2.30. The van der Waals surface area contributed by atoms with Crippen LogP contribution in [0.1, 0.15) is 53.4 Å². The average Bonchev–Trinajstić information content (AvgIpc) is 3.30. The number of nitrogens with zero attached hydrogens (tertiary/aromatic N) is 3. The van der Waals surface area contributed by atoms with Crippen LogP contribution in [0.2, 0.25) is 0 Å². The SMILES string of the molecule is CC(C)(C)OC(=O)NC1CCN(C(=O)CCc2nc(-c3cccs3)no2)CC1(C)C. The molecule has 9 heteroatoms. The lowest BCUT2D eigenvalue weighted by atomic mass is 9.79. The van der Waals surface area contributed by atoms with Crippen LogP contribution in [0.5, 0.6) is 0 Å². The molecule has 0 spiro atoms. The van der Waals surface area contributed by atoms with Crippen LogP contribution < -0.4 is 5.32 Å². The van der Waals surface area contributed by atoms with Gasteiger partial charge in [0.05, 0.1) is 4.88 Å². The van der Waals surface area contributed by atoms with E-state index in [9.17, 15) is 9.59 Å². The molecule has 0 bridgehead atoms. The molecule has 30 heavy (non-hydrogen) atoms. The molecule has 0 radical (unpaired) electrons. The number of rotatable bonds is 5. The molecule has 1 atom stereocenters. The molecule has 0 saturated carbocycles. The first-order valence-electron chi connectivity index (χ1n) is 10.2. The van der Waals surface area contributed by atoms with Gasteiger partial charge < -0.3 is 19.5 Å². The van der Waals surface area contributed by atoms with Crippen molar-refractivity contribution in [2.45, 2.75) is 65.5 Å². The van der Waals surface area contributed by atoms with Gasteiger partial charge in [0, 0.05) is 37.4 Å². The van der Waals surface area contributed by atoms with Crippen molar-refractivity contribution in [3.05, 3.63) is 23.4 Å². The minimum atomic E-state index is -0.539. The molecule has 2 aromatic rings. The van der Waals surface area contributed by atoms with Gasteiger partial charge in [-0.25, -0.2) is 4.79 Å². The highest BCUT2D eigenvalue weighted by atomic mass is 32.1. The molecule has 2 amide bonds. The third-order valence-corrected chi connectivity index (χ3v) is 5.90. The molecule has 1 fully saturated rings. The van der Waals surface area contributed by atoms with E-state index in [1.807, 2.05) is 43.2 Å². The van der Waals surface area contributed by atoms with E-state index in [-0.39, 0.29) is 17.4 Å². The zero-order valence-electron chi connectivity index (χ0n) is 18.2. The number of hydrogen-bond acceptors (Lipinski definition) is 7. The van der Waals surface area contributed by atoms with E-state index in [4.69, 9.17) is 9.26 Å². The van der Waals surface area contributed by atoms with Crippen molar-refractivity contribution in [1.29, 1.82) is 0 Å². The second-order valence-corrected chi connectivity index (χ2v) is 10.2. The summed E-state index contributed by atoms with van der Waals surface area (Å²) in [6.45, 7) is 10.8. The second kappa shape index (κ2) is 8.75. The largest absolute Gasteiger partial charge is 0.444 e. The van der Waals surface area contributed by atoms with Crippen molar-refractivity contribution in [3.8, 4) is 10.7 Å². The Morgan fingerprint density at radius 2 is 2.17 bits per heavy atom. The molecular weight excluding hydrogens is 404 g/mol. The molecule has 3 heterocycles. The van der Waals surface area contributed by atoms with Crippen molar-refractivity contribution in [2.24, 2.45) is 5.41 Å². The Morgan fingerprint density at radius 1 is 1.40 bits per heavy atom. The summed E-state index contributed by atoms with van der Waals surface area (Å²) in [6.07, 6.45) is 0.986. The predicted molar refractivity (Wildman–Crippen MR) is 114 cm³/mol. The summed E-state index contributed by atoms with van der Waals surface area (Å²) < 4.78 is 10.7. The van der Waals surface area contributed by atoms with E-state index in [1.54, 1.807) is 11.3 Å². The van der Waals surface area contributed by atoms with Gasteiger partial charge in [-0.05, 0) is 38.6 Å². The van der Waals surface area contributed by atoms with Crippen LogP contribution in [0.25, 0.3) is 10.7 Å². The van der Waals surface area contributed by atoms with E-state index in [0.29, 0.717) is 44.1 Å². The fourth-order valence-corrected chi connectivity index (χ4v) is 4.17. The number of likely N-dealkylation sites (tertiary alicyclic amines) is 1. The zero-order valence-corrected chi connectivity index (χ0v) is 19.0. The number of aryl methyl sites for hydroxylation is 1. The lowest BCUT2D eigenvalue weighted by Gasteiger charge is -2.44. The van der Waals surface area contributed by atoms with Gasteiger partial charge in [-0.3, -0.25) is 4.79 Å². The molecule has 0 aliphatic carbocycles. The fraction of sp³-hybridized carbons (Fsp3) is 0.619. The number of alkyl carbamates (subject to hydrolysis) is 1. The van der Waals surface area contributed by atoms with Crippen molar-refractivity contribution >= 4 is 23.3 Å². The fourth-order valence-electron chi connectivity index (χ4n) is 3.52. The minimum absolute atomic E-state index is 0.0506. The molecule has 1 saturated heterocycles. The van der Waals surface area contributed by atoms with E-state index in [2.05, 4.69) is 29.3 Å². The van der Waals surface area contributed by atoms with Gasteiger partial charge in [0.1, 0.15) is 5.60 Å². The molecule has 1 aliphatic rings. The quantitative estimate of drug-likeness (QED) is 0.767. The summed E-state index contributed by atoms with van der Waals surface area (Å²) in [6, 6.07) is 3.81. The van der Waals surface area contributed by atoms with Crippen molar-refractivity contribution < 1.29 is 18.8 Å². The van der Waals surface area contributed by atoms with Gasteiger partial charge in [-0.2, -0.15) is 4.98 Å². The number of amides is 2. The maximum atomic E-state index is 12.7. The smallest absolute Gasteiger partial charge is 0.407 e. The van der Waals surface area contributed by atoms with Crippen LogP contribution in [0.4, 0.5) is 4.79 Å². The lowest BCUT2D eigenvalue weighted by Crippen LogP contribution is -2.57. The van der Waals surface area contributed by atoms with E-state index in [0.717, 1.165) is 4.88 Å². The number of nitrogens with one attached hydrogen (secondary N) is 1. The number of carbonyl (C=O) groups is 2. The highest BCUT2D eigenvalue weighted by Gasteiger charge is 2.39. The molecule has 164 valence electrons. The standard InChI is InChI=1S/C21H30N4O4S/c1-20(2,3)28-19(27)22-15-10-11-25(13-21(15,4)5)17(26)9-8-16-23-18(24-29-16)14-7-6-12-30-14/h6-7,12,15H,8-11,13H2,1-5H3,(H,22,27). The van der Waals surface area contributed by atoms with Crippen molar-refractivity contribution in [3.63, 3.8) is 0 Å². The Labute approximate surface area is 181 Å². The minimum Gasteiger partial charge on any atom is -0.444 e. The normalized spacial score (nSPS) is 18.8. The maximum Gasteiger partial charge on any atom is 0.407 e. The van der Waals surface area contributed by atoms with Crippen LogP contribution >= 0.6 is 11.3 Å². The van der Waals surface area contributed by atoms with Crippen molar-refractivity contribution in [2.75, 3.05) is 13.1 Å². The number of hydrogen-bond donors (Lipinski definition) is 1. The number of carbonyl (C=O) groups excluding carboxylic acids is 2. The summed E-state index contributed by atoms with van der Waals surface area (Å²) in [5.74, 6) is 1.07. The maximum absolute atomic E-state index is 12.7. The van der Waals surface area contributed by atoms with Gasteiger partial charge in [0.2, 0.25) is 17.6 Å². The van der Waals surface area contributed by atoms with Crippen LogP contribution in [-0.2, 0) is 16.0 Å². The van der Waals surface area contributed by atoms with E-state index >= 15 is 0 Å². The molecule has 8 nitrogen and oxygen atoms in total. The topological polar surface area (TPSA) is 97.6 Å². The van der Waals surface area contributed by atoms with Crippen LogP contribution in [0.3, 0.4) is 0 Å². The summed E-state index contributed by atoms with van der Waals surface area (Å²) >= 11 is 1.54. The number of ether oxygens (including phenoxy) is 1. The number of aromatic nitrogens is 2. The van der Waals surface area contributed by atoms with Gasteiger partial charge in [0.25, 0.3) is 0 Å². The summed E-state index contributed by atoms with van der Waals surface area (Å²) in [7, 11) is 0. The van der Waals surface area contributed by atoms with Gasteiger partial charge >= 0.3 is 6.09 Å². The monoisotopic (exact) mass is 434 g/mol. The third kappa shape index (κ3) is 5.81. The highest BCUT2D eigenvalue weighted by molar-refractivity contribution is 7.13. The van der Waals surface area contributed by atoms with E-state index in [1.165, 1.54) is 0 Å². The summed E-state index contributed by atoms with van der Waals surface area (Å²) in [5.41, 5.74) is -0.801. The van der Waals surface area contributed by atoms with Gasteiger partial charge in [-0.15, -0.1) is 11.3 Å². The third-order valence-electron chi connectivity index (χ3n) is 5.04. The lowest BCUT2D eigenvalue weighted by molar-refractivity contribution is -0.134. The summed E-state index contributed by atoms with van der Waals surface area (Å²) in [4.78, 5) is 32.0. The first kappa shape index (κ1) is 22.3. The van der Waals surface area contributed by atoms with Crippen LogP contribution in [0, 0.1) is 5.41 Å². The number of piperidine rings is 1. The average molecular weight is 435 g/mol. The number of thiophene rings is 1.